The minimum atomic E-state index is -0.616. The second kappa shape index (κ2) is 4.16. The number of hydrogen-bond acceptors (Lipinski definition) is 3. The Kier molecular flexibility index (Phi) is 3.67. The van der Waals surface area contributed by atoms with Gasteiger partial charge in [0.1, 0.15) is 4.33 Å². The van der Waals surface area contributed by atoms with Crippen molar-refractivity contribution in [3.05, 3.63) is 0 Å². The molecule has 0 aromatic carbocycles. The first-order valence-corrected chi connectivity index (χ1v) is 4.40. The molecule has 0 bridgehead atoms. The summed E-state index contributed by atoms with van der Waals surface area (Å²) in [7, 11) is 2.40. The summed E-state index contributed by atoms with van der Waals surface area (Å²) >= 11 is 11.6. The van der Waals surface area contributed by atoms with Crippen LogP contribution in [0.5, 0.6) is 0 Å². The van der Waals surface area contributed by atoms with Crippen molar-refractivity contribution in [1.82, 2.24) is 0 Å². The van der Waals surface area contributed by atoms with Gasteiger partial charge in [0.05, 0.1) is 0 Å². The zero-order valence-electron chi connectivity index (χ0n) is 7.05. The lowest BCUT2D eigenvalue weighted by molar-refractivity contribution is 0.130. The highest BCUT2D eigenvalue weighted by Crippen LogP contribution is 2.53. The molecule has 0 aliphatic heterocycles. The van der Waals surface area contributed by atoms with Gasteiger partial charge in [-0.1, -0.05) is 0 Å². The first kappa shape index (κ1) is 10.6. The molecule has 0 N–H and O–H groups in total. The van der Waals surface area contributed by atoms with Gasteiger partial charge in [-0.25, -0.2) is 0 Å². The number of hydrogen-bond donors (Lipinski definition) is 0. The Bertz CT molecular complexity index is 150. The van der Waals surface area contributed by atoms with Crippen LogP contribution in [0.3, 0.4) is 0 Å². The maximum Gasteiger partial charge on any atom is 0.639 e. The monoisotopic (exact) mass is 212 g/mol. The molecule has 1 atom stereocenters. The van der Waals surface area contributed by atoms with E-state index in [1.165, 1.54) is 14.2 Å². The highest BCUT2D eigenvalue weighted by atomic mass is 35.5. The lowest BCUT2D eigenvalue weighted by Gasteiger charge is -2.08. The fourth-order valence-electron chi connectivity index (χ4n) is 0.877. The second-order valence-corrected chi connectivity index (χ2v) is 4.30. The van der Waals surface area contributed by atoms with Crippen molar-refractivity contribution in [1.29, 1.82) is 0 Å². The molecule has 3 nitrogen and oxygen atoms in total. The summed E-state index contributed by atoms with van der Waals surface area (Å²) in [5.74, 6) is 0.202. The highest BCUT2D eigenvalue weighted by molar-refractivity contribution is 6.50. The zero-order chi connectivity index (χ0) is 9.19. The van der Waals surface area contributed by atoms with Gasteiger partial charge in [0, 0.05) is 26.7 Å². The lowest BCUT2D eigenvalue weighted by Crippen LogP contribution is -2.25. The van der Waals surface area contributed by atoms with Crippen LogP contribution in [0.4, 0.5) is 0 Å². The first-order chi connectivity index (χ1) is 5.60. The molecule has 1 rings (SSSR count). The Morgan fingerprint density at radius 1 is 1.42 bits per heavy atom. The average Bonchev–Trinajstić information content (AvgIpc) is 2.61. The highest BCUT2D eigenvalue weighted by Gasteiger charge is 2.52. The molecule has 0 amide bonds. The third-order valence-electron chi connectivity index (χ3n) is 1.77. The third-order valence-corrected chi connectivity index (χ3v) is 2.70. The summed E-state index contributed by atoms with van der Waals surface area (Å²) in [5.41, 5.74) is 0. The van der Waals surface area contributed by atoms with Crippen molar-refractivity contribution in [2.24, 2.45) is 5.92 Å². The van der Waals surface area contributed by atoms with Crippen LogP contribution in [0.15, 0.2) is 0 Å². The zero-order valence-corrected chi connectivity index (χ0v) is 8.56. The molecule has 0 radical (unpaired) electrons. The van der Waals surface area contributed by atoms with Gasteiger partial charge in [-0.2, -0.15) is 0 Å². The predicted molar refractivity (Wildman–Crippen MR) is 48.3 cm³/mol. The maximum absolute atomic E-state index is 5.78. The predicted octanol–water partition coefficient (Wildman–Crippen LogP) is 1.47. The summed E-state index contributed by atoms with van der Waals surface area (Å²) in [6.07, 6.45) is 0.774. The fraction of sp³-hybridized carbons (Fsp3) is 1.00. The molecule has 1 fully saturated rings. The molecule has 0 spiro atoms. The van der Waals surface area contributed by atoms with Gasteiger partial charge in [-0.05, 0) is 6.42 Å². The quantitative estimate of drug-likeness (QED) is 0.511. The van der Waals surface area contributed by atoms with Gasteiger partial charge in [-0.3, -0.25) is 0 Å². The smallest absolute Gasteiger partial charge is 0.389 e. The van der Waals surface area contributed by atoms with Crippen LogP contribution in [0.25, 0.3) is 0 Å². The van der Waals surface area contributed by atoms with Crippen LogP contribution in [-0.2, 0) is 14.0 Å². The van der Waals surface area contributed by atoms with Gasteiger partial charge in [0.2, 0.25) is 0 Å². The Morgan fingerprint density at radius 3 is 2.25 bits per heavy atom. The van der Waals surface area contributed by atoms with Crippen molar-refractivity contribution in [2.45, 2.75) is 10.8 Å². The van der Waals surface area contributed by atoms with Gasteiger partial charge in [-0.15, -0.1) is 23.2 Å². The van der Waals surface area contributed by atoms with Crippen LogP contribution >= 0.6 is 23.2 Å². The molecule has 12 heavy (non-hydrogen) atoms. The van der Waals surface area contributed by atoms with Gasteiger partial charge in [0.25, 0.3) is 0 Å². The van der Waals surface area contributed by atoms with E-state index in [2.05, 4.69) is 0 Å². The normalized spacial score (nSPS) is 25.5. The number of halogens is 2. The van der Waals surface area contributed by atoms with E-state index in [4.69, 9.17) is 37.2 Å². The summed E-state index contributed by atoms with van der Waals surface area (Å²) in [6.45, 7) is 0.472. The van der Waals surface area contributed by atoms with Gasteiger partial charge in [0.15, 0.2) is 0 Å². The molecule has 1 aliphatic carbocycles. The topological polar surface area (TPSA) is 27.7 Å². The average molecular weight is 213 g/mol. The molecule has 0 aromatic heterocycles. The lowest BCUT2D eigenvalue weighted by atomic mass is 10.2. The standard InChI is InChI=1S/C6H11BCl2O3/c1-10-7(11-2)12-4-5-3-6(5,8)9/h5H,3-4H2,1-2H3. The van der Waals surface area contributed by atoms with E-state index in [0.29, 0.717) is 6.61 Å². The number of alkyl halides is 2. The molecule has 6 heteroatoms. The summed E-state index contributed by atoms with van der Waals surface area (Å²) < 4.78 is 14.2. The van der Waals surface area contributed by atoms with E-state index in [-0.39, 0.29) is 5.92 Å². The SMILES string of the molecule is COB(OC)OCC1CC1(Cl)Cl. The summed E-state index contributed by atoms with van der Waals surface area (Å²) in [4.78, 5) is 0. The van der Waals surface area contributed by atoms with Crippen molar-refractivity contribution in [3.63, 3.8) is 0 Å². The Hall–Kier alpha value is 0.525. The van der Waals surface area contributed by atoms with E-state index in [1.807, 2.05) is 0 Å². The van der Waals surface area contributed by atoms with Crippen LogP contribution in [0, 0.1) is 5.92 Å². The van der Waals surface area contributed by atoms with Crippen LogP contribution < -0.4 is 0 Å². The molecular formula is C6H11BCl2O3. The molecule has 70 valence electrons. The van der Waals surface area contributed by atoms with Crippen molar-refractivity contribution in [2.75, 3.05) is 20.8 Å². The molecular weight excluding hydrogens is 202 g/mol. The minimum Gasteiger partial charge on any atom is -0.389 e. The van der Waals surface area contributed by atoms with Crippen molar-refractivity contribution >= 4 is 30.5 Å². The number of rotatable bonds is 5. The van der Waals surface area contributed by atoms with Crippen LogP contribution in [0.2, 0.25) is 0 Å². The summed E-state index contributed by atoms with van der Waals surface area (Å²) in [5, 5.41) is 0. The van der Waals surface area contributed by atoms with E-state index in [9.17, 15) is 0 Å². The van der Waals surface area contributed by atoms with E-state index >= 15 is 0 Å². The van der Waals surface area contributed by atoms with E-state index < -0.39 is 11.7 Å². The van der Waals surface area contributed by atoms with Crippen molar-refractivity contribution < 1.29 is 14.0 Å². The minimum absolute atomic E-state index is 0.202. The van der Waals surface area contributed by atoms with Gasteiger partial charge >= 0.3 is 7.32 Å². The molecule has 1 aliphatic rings. The third kappa shape index (κ3) is 2.78. The molecule has 0 heterocycles. The van der Waals surface area contributed by atoms with E-state index in [0.717, 1.165) is 6.42 Å². The second-order valence-electron chi connectivity index (χ2n) is 2.76. The summed E-state index contributed by atoms with van der Waals surface area (Å²) in [6, 6.07) is 0. The van der Waals surface area contributed by atoms with E-state index in [1.54, 1.807) is 0 Å². The molecule has 0 saturated heterocycles. The maximum atomic E-state index is 5.78. The van der Waals surface area contributed by atoms with Crippen LogP contribution in [0.1, 0.15) is 6.42 Å². The molecule has 1 saturated carbocycles. The molecule has 1 unspecified atom stereocenters. The fourth-order valence-corrected chi connectivity index (χ4v) is 1.38. The van der Waals surface area contributed by atoms with Crippen molar-refractivity contribution in [3.8, 4) is 0 Å². The first-order valence-electron chi connectivity index (χ1n) is 3.65. The molecule has 0 aromatic rings. The van der Waals surface area contributed by atoms with Crippen LogP contribution in [-0.4, -0.2) is 32.5 Å². The van der Waals surface area contributed by atoms with Gasteiger partial charge < -0.3 is 14.0 Å². The Labute approximate surface area is 82.4 Å². The Balaban J connectivity index is 2.10. The largest absolute Gasteiger partial charge is 0.639 e. The Morgan fingerprint density at radius 2 is 1.92 bits per heavy atom.